The third-order valence-corrected chi connectivity index (χ3v) is 4.24. The summed E-state index contributed by atoms with van der Waals surface area (Å²) in [5.74, 6) is 0.556. The topological polar surface area (TPSA) is 44.8 Å². The Labute approximate surface area is 153 Å². The molecule has 0 spiro atoms. The van der Waals surface area contributed by atoms with Gasteiger partial charge >= 0.3 is 5.97 Å². The molecule has 0 aliphatic carbocycles. The van der Waals surface area contributed by atoms with Crippen molar-refractivity contribution >= 4 is 46.8 Å². The Hall–Kier alpha value is -1.88. The molecule has 0 fully saturated rings. The van der Waals surface area contributed by atoms with Crippen LogP contribution in [0.5, 0.6) is 11.5 Å². The van der Waals surface area contributed by atoms with Crippen molar-refractivity contribution in [2.24, 2.45) is 0 Å². The molecule has 2 aromatic rings. The summed E-state index contributed by atoms with van der Waals surface area (Å²) in [6.45, 7) is 0.200. The lowest BCUT2D eigenvalue weighted by molar-refractivity contribution is -0.138. The maximum atomic E-state index is 11.8. The molecule has 2 aromatic carbocycles. The molecule has 0 atom stereocenters. The van der Waals surface area contributed by atoms with Crippen molar-refractivity contribution < 1.29 is 19.0 Å². The van der Waals surface area contributed by atoms with Gasteiger partial charge in [0.2, 0.25) is 6.79 Å². The Bertz CT molecular complexity index is 818. The molecule has 1 aliphatic heterocycles. The molecule has 0 bridgehead atoms. The summed E-state index contributed by atoms with van der Waals surface area (Å²) in [4.78, 5) is 11.8. The van der Waals surface area contributed by atoms with E-state index in [-0.39, 0.29) is 13.4 Å². The molecule has 124 valence electrons. The van der Waals surface area contributed by atoms with Crippen molar-refractivity contribution in [2.75, 3.05) is 6.79 Å². The summed E-state index contributed by atoms with van der Waals surface area (Å²) in [7, 11) is 0. The van der Waals surface area contributed by atoms with E-state index in [1.807, 2.05) is 0 Å². The van der Waals surface area contributed by atoms with Crippen molar-refractivity contribution in [3.63, 3.8) is 0 Å². The monoisotopic (exact) mass is 384 g/mol. The van der Waals surface area contributed by atoms with Crippen LogP contribution in [0.3, 0.4) is 0 Å². The number of esters is 1. The zero-order valence-corrected chi connectivity index (χ0v) is 14.5. The van der Waals surface area contributed by atoms with Gasteiger partial charge in [-0.25, -0.2) is 4.79 Å². The van der Waals surface area contributed by atoms with Gasteiger partial charge in [-0.15, -0.1) is 0 Å². The van der Waals surface area contributed by atoms with Gasteiger partial charge in [0, 0.05) is 6.08 Å². The van der Waals surface area contributed by atoms with Gasteiger partial charge in [-0.1, -0.05) is 40.9 Å². The highest BCUT2D eigenvalue weighted by Gasteiger charge is 2.18. The lowest BCUT2D eigenvalue weighted by Crippen LogP contribution is -2.00. The second kappa shape index (κ2) is 7.34. The number of benzene rings is 2. The zero-order valence-electron chi connectivity index (χ0n) is 12.2. The third kappa shape index (κ3) is 3.96. The summed E-state index contributed by atoms with van der Waals surface area (Å²) in [5.41, 5.74) is 1.45. The second-order valence-corrected chi connectivity index (χ2v) is 6.15. The van der Waals surface area contributed by atoms with E-state index in [2.05, 4.69) is 0 Å². The molecule has 0 N–H and O–H groups in total. The average molecular weight is 386 g/mol. The molecule has 0 aromatic heterocycles. The summed E-state index contributed by atoms with van der Waals surface area (Å²) in [6, 6.07) is 8.46. The Balaban J connectivity index is 1.60. The molecule has 3 rings (SSSR count). The van der Waals surface area contributed by atoms with Gasteiger partial charge in [0.05, 0.1) is 15.1 Å². The normalized spacial score (nSPS) is 12.6. The molecule has 4 nitrogen and oxygen atoms in total. The van der Waals surface area contributed by atoms with Crippen LogP contribution in [0.25, 0.3) is 6.08 Å². The molecule has 0 saturated heterocycles. The molecule has 0 amide bonds. The molecule has 1 aliphatic rings. The lowest BCUT2D eigenvalue weighted by atomic mass is 10.2. The summed E-state index contributed by atoms with van der Waals surface area (Å²) >= 11 is 17.8. The molecular weight excluding hydrogens is 375 g/mol. The van der Waals surface area contributed by atoms with Gasteiger partial charge in [0.15, 0.2) is 11.5 Å². The van der Waals surface area contributed by atoms with Crippen LogP contribution in [-0.4, -0.2) is 12.8 Å². The zero-order chi connectivity index (χ0) is 17.1. The van der Waals surface area contributed by atoms with Crippen LogP contribution in [0.4, 0.5) is 0 Å². The number of hydrogen-bond donors (Lipinski definition) is 0. The minimum Gasteiger partial charge on any atom is -0.458 e. The smallest absolute Gasteiger partial charge is 0.331 e. The van der Waals surface area contributed by atoms with E-state index in [4.69, 9.17) is 49.0 Å². The van der Waals surface area contributed by atoms with Crippen LogP contribution in [0, 0.1) is 0 Å². The highest BCUT2D eigenvalue weighted by molar-refractivity contribution is 6.42. The molecular formula is C17H11Cl3O4. The van der Waals surface area contributed by atoms with Crippen molar-refractivity contribution in [3.05, 3.63) is 62.6 Å². The summed E-state index contributed by atoms with van der Waals surface area (Å²) in [5, 5.41) is 1.29. The minimum atomic E-state index is -0.491. The number of carbonyl (C=O) groups excluding carboxylic acids is 1. The largest absolute Gasteiger partial charge is 0.458 e. The van der Waals surface area contributed by atoms with Crippen LogP contribution >= 0.6 is 34.8 Å². The van der Waals surface area contributed by atoms with Crippen molar-refractivity contribution in [2.45, 2.75) is 6.61 Å². The number of hydrogen-bond acceptors (Lipinski definition) is 4. The first kappa shape index (κ1) is 17.0. The second-order valence-electron chi connectivity index (χ2n) is 4.93. The SMILES string of the molecule is O=C(/C=C/c1ccc(Cl)c(Cl)c1)OCc1cc(Cl)c2c(c1)OCO2. The van der Waals surface area contributed by atoms with E-state index < -0.39 is 5.97 Å². The van der Waals surface area contributed by atoms with E-state index in [1.54, 1.807) is 36.4 Å². The lowest BCUT2D eigenvalue weighted by Gasteiger charge is -2.05. The number of fused-ring (bicyclic) bond motifs is 1. The van der Waals surface area contributed by atoms with E-state index in [1.165, 1.54) is 6.08 Å². The fraction of sp³-hybridized carbons (Fsp3) is 0.118. The Kier molecular flexibility index (Phi) is 5.19. The van der Waals surface area contributed by atoms with E-state index >= 15 is 0 Å². The van der Waals surface area contributed by atoms with Crippen LogP contribution in [-0.2, 0) is 16.1 Å². The Morgan fingerprint density at radius 2 is 1.92 bits per heavy atom. The van der Waals surface area contributed by atoms with Gasteiger partial charge in [-0.3, -0.25) is 0 Å². The first-order valence-corrected chi connectivity index (χ1v) is 8.04. The standard InChI is InChI=1S/C17H11Cl3O4/c18-12-3-1-10(5-13(12)19)2-4-16(21)22-8-11-6-14(20)17-15(7-11)23-9-24-17/h1-7H,8-9H2/b4-2+. The predicted molar refractivity (Wildman–Crippen MR) is 92.9 cm³/mol. The maximum absolute atomic E-state index is 11.8. The number of halogens is 3. The third-order valence-electron chi connectivity index (χ3n) is 3.22. The average Bonchev–Trinajstić information content (AvgIpc) is 3.03. The Morgan fingerprint density at radius 1 is 1.08 bits per heavy atom. The minimum absolute atomic E-state index is 0.0703. The first-order valence-electron chi connectivity index (χ1n) is 6.91. The van der Waals surface area contributed by atoms with Crippen molar-refractivity contribution in [3.8, 4) is 11.5 Å². The van der Waals surface area contributed by atoms with E-state index in [0.29, 0.717) is 32.1 Å². The molecule has 0 radical (unpaired) electrons. The fourth-order valence-electron chi connectivity index (χ4n) is 2.09. The van der Waals surface area contributed by atoms with Crippen molar-refractivity contribution in [1.29, 1.82) is 0 Å². The molecule has 0 saturated carbocycles. The first-order chi connectivity index (χ1) is 11.5. The van der Waals surface area contributed by atoms with Gasteiger partial charge in [-0.05, 0) is 41.5 Å². The van der Waals surface area contributed by atoms with Crippen molar-refractivity contribution in [1.82, 2.24) is 0 Å². The van der Waals surface area contributed by atoms with Gasteiger partial charge in [0.25, 0.3) is 0 Å². The number of rotatable bonds is 4. The maximum Gasteiger partial charge on any atom is 0.331 e. The summed E-state index contributed by atoms with van der Waals surface area (Å²) in [6.07, 6.45) is 2.91. The molecule has 7 heteroatoms. The highest BCUT2D eigenvalue weighted by atomic mass is 35.5. The summed E-state index contributed by atoms with van der Waals surface area (Å²) < 4.78 is 15.7. The van der Waals surface area contributed by atoms with Gasteiger partial charge < -0.3 is 14.2 Å². The molecule has 0 unspecified atom stereocenters. The van der Waals surface area contributed by atoms with Crippen LogP contribution in [0.1, 0.15) is 11.1 Å². The van der Waals surface area contributed by atoms with Crippen LogP contribution in [0.2, 0.25) is 15.1 Å². The predicted octanol–water partition coefficient (Wildman–Crippen LogP) is 5.13. The molecule has 24 heavy (non-hydrogen) atoms. The van der Waals surface area contributed by atoms with E-state index in [0.717, 1.165) is 5.56 Å². The highest BCUT2D eigenvalue weighted by Crippen LogP contribution is 2.39. The van der Waals surface area contributed by atoms with E-state index in [9.17, 15) is 4.79 Å². The van der Waals surface area contributed by atoms with Crippen LogP contribution < -0.4 is 9.47 Å². The quantitative estimate of drug-likeness (QED) is 0.540. The number of carbonyl (C=O) groups is 1. The Morgan fingerprint density at radius 3 is 2.71 bits per heavy atom. The fourth-order valence-corrected chi connectivity index (χ4v) is 2.68. The van der Waals surface area contributed by atoms with Crippen LogP contribution in [0.15, 0.2) is 36.4 Å². The molecule has 1 heterocycles. The van der Waals surface area contributed by atoms with Gasteiger partial charge in [0.1, 0.15) is 6.61 Å². The number of ether oxygens (including phenoxy) is 3. The van der Waals surface area contributed by atoms with Gasteiger partial charge in [-0.2, -0.15) is 0 Å².